The number of carbonyl (C=O) groups is 1. The van der Waals surface area contributed by atoms with Gasteiger partial charge in [0.1, 0.15) is 11.6 Å². The second-order valence-electron chi connectivity index (χ2n) is 5.19. The number of nitrogens with zero attached hydrogens (tertiary/aromatic N) is 1. The van der Waals surface area contributed by atoms with Crippen molar-refractivity contribution in [1.29, 1.82) is 5.26 Å². The number of carbonyl (C=O) groups excluding carboxylic acids is 1. The highest BCUT2D eigenvalue weighted by atomic mass is 16.1. The van der Waals surface area contributed by atoms with Crippen LogP contribution in [0.5, 0.6) is 0 Å². The number of hydrogen-bond acceptors (Lipinski definition) is 3. The highest BCUT2D eigenvalue weighted by Gasteiger charge is 2.32. The molecule has 0 bridgehead atoms. The van der Waals surface area contributed by atoms with Crippen LogP contribution in [0.4, 0.5) is 0 Å². The lowest BCUT2D eigenvalue weighted by molar-refractivity contribution is -0.117. The average Bonchev–Trinajstić information content (AvgIpc) is 2.16. The number of ketones is 1. The van der Waals surface area contributed by atoms with Gasteiger partial charge in [0.15, 0.2) is 5.78 Å². The first-order chi connectivity index (χ1) is 7.50. The number of nitrogens with one attached hydrogen (secondary N) is 1. The standard InChI is InChI=1S/C13H20N2O/c1-4-5-6-15-11-7-13(2,3)8-12(16)10(11)9-14/h15H,4-8H2,1-3H3. The predicted molar refractivity (Wildman–Crippen MR) is 63.6 cm³/mol. The molecule has 0 aromatic heterocycles. The highest BCUT2D eigenvalue weighted by Crippen LogP contribution is 2.35. The minimum atomic E-state index is -0.0218. The van der Waals surface area contributed by atoms with Crippen molar-refractivity contribution in [3.8, 4) is 6.07 Å². The van der Waals surface area contributed by atoms with Crippen molar-refractivity contribution < 1.29 is 4.79 Å². The zero-order valence-corrected chi connectivity index (χ0v) is 10.4. The van der Waals surface area contributed by atoms with E-state index in [0.717, 1.165) is 31.5 Å². The summed E-state index contributed by atoms with van der Waals surface area (Å²) >= 11 is 0. The van der Waals surface area contributed by atoms with Crippen molar-refractivity contribution in [2.75, 3.05) is 6.54 Å². The van der Waals surface area contributed by atoms with Crippen LogP contribution in [0.3, 0.4) is 0 Å². The lowest BCUT2D eigenvalue weighted by Crippen LogP contribution is -2.31. The third kappa shape index (κ3) is 3.10. The Morgan fingerprint density at radius 2 is 2.12 bits per heavy atom. The largest absolute Gasteiger partial charge is 0.387 e. The monoisotopic (exact) mass is 220 g/mol. The van der Waals surface area contributed by atoms with Crippen molar-refractivity contribution >= 4 is 5.78 Å². The van der Waals surface area contributed by atoms with Gasteiger partial charge in [-0.25, -0.2) is 0 Å². The second-order valence-corrected chi connectivity index (χ2v) is 5.19. The summed E-state index contributed by atoms with van der Waals surface area (Å²) in [4.78, 5) is 11.8. The zero-order valence-electron chi connectivity index (χ0n) is 10.4. The molecule has 88 valence electrons. The van der Waals surface area contributed by atoms with Gasteiger partial charge in [-0.15, -0.1) is 0 Å². The summed E-state index contributed by atoms with van der Waals surface area (Å²) in [5.74, 6) is -0.0160. The number of unbranched alkanes of at least 4 members (excludes halogenated alkanes) is 1. The Labute approximate surface area is 97.5 Å². The van der Waals surface area contributed by atoms with E-state index in [-0.39, 0.29) is 11.2 Å². The Bertz CT molecular complexity index is 347. The molecule has 0 aromatic carbocycles. The van der Waals surface area contributed by atoms with Gasteiger partial charge in [0.2, 0.25) is 0 Å². The van der Waals surface area contributed by atoms with Crippen molar-refractivity contribution in [1.82, 2.24) is 5.32 Å². The van der Waals surface area contributed by atoms with E-state index in [0.29, 0.717) is 12.0 Å². The van der Waals surface area contributed by atoms with Crippen LogP contribution < -0.4 is 5.32 Å². The lowest BCUT2D eigenvalue weighted by Gasteiger charge is -2.30. The first-order valence-corrected chi connectivity index (χ1v) is 5.90. The molecule has 0 aromatic rings. The maximum Gasteiger partial charge on any atom is 0.175 e. The second kappa shape index (κ2) is 5.16. The zero-order chi connectivity index (χ0) is 12.2. The lowest BCUT2D eigenvalue weighted by atomic mass is 9.76. The third-order valence-corrected chi connectivity index (χ3v) is 2.86. The fourth-order valence-electron chi connectivity index (χ4n) is 2.02. The van der Waals surface area contributed by atoms with Gasteiger partial charge < -0.3 is 5.32 Å². The molecule has 0 atom stereocenters. The van der Waals surface area contributed by atoms with Crippen LogP contribution in [-0.4, -0.2) is 12.3 Å². The summed E-state index contributed by atoms with van der Waals surface area (Å²) in [6, 6.07) is 2.04. The van der Waals surface area contributed by atoms with Gasteiger partial charge >= 0.3 is 0 Å². The maximum atomic E-state index is 11.8. The molecule has 0 radical (unpaired) electrons. The third-order valence-electron chi connectivity index (χ3n) is 2.86. The Kier molecular flexibility index (Phi) is 4.12. The average molecular weight is 220 g/mol. The van der Waals surface area contributed by atoms with E-state index in [1.54, 1.807) is 0 Å². The van der Waals surface area contributed by atoms with Gasteiger partial charge in [0, 0.05) is 18.7 Å². The van der Waals surface area contributed by atoms with Crippen molar-refractivity contribution in [3.63, 3.8) is 0 Å². The Morgan fingerprint density at radius 1 is 1.44 bits per heavy atom. The smallest absolute Gasteiger partial charge is 0.175 e. The van der Waals surface area contributed by atoms with Crippen LogP contribution in [0.25, 0.3) is 0 Å². The molecule has 1 aliphatic carbocycles. The molecule has 1 N–H and O–H groups in total. The van der Waals surface area contributed by atoms with E-state index in [9.17, 15) is 4.79 Å². The van der Waals surface area contributed by atoms with E-state index in [4.69, 9.17) is 5.26 Å². The Balaban J connectivity index is 2.82. The van der Waals surface area contributed by atoms with Gasteiger partial charge in [-0.2, -0.15) is 5.26 Å². The van der Waals surface area contributed by atoms with Crippen LogP contribution in [0.2, 0.25) is 0 Å². The molecule has 1 rings (SSSR count). The molecule has 3 heteroatoms. The first kappa shape index (κ1) is 12.8. The van der Waals surface area contributed by atoms with Crippen LogP contribution in [0.1, 0.15) is 46.5 Å². The van der Waals surface area contributed by atoms with Crippen LogP contribution in [0, 0.1) is 16.7 Å². The molecule has 0 spiro atoms. The minimum absolute atomic E-state index is 0.0160. The molecule has 0 fully saturated rings. The molecular weight excluding hydrogens is 200 g/mol. The number of Topliss-reactive ketones (excluding diaryl/α,β-unsaturated/α-hetero) is 1. The molecule has 0 heterocycles. The summed E-state index contributed by atoms with van der Waals surface area (Å²) in [5.41, 5.74) is 1.17. The molecule has 1 aliphatic rings. The summed E-state index contributed by atoms with van der Waals surface area (Å²) in [6.45, 7) is 7.11. The van der Waals surface area contributed by atoms with Gasteiger partial charge in [0.25, 0.3) is 0 Å². The molecule has 0 aliphatic heterocycles. The fourth-order valence-corrected chi connectivity index (χ4v) is 2.02. The van der Waals surface area contributed by atoms with Crippen molar-refractivity contribution in [2.24, 2.45) is 5.41 Å². The predicted octanol–water partition coefficient (Wildman–Crippen LogP) is 2.54. The van der Waals surface area contributed by atoms with E-state index in [1.165, 1.54) is 0 Å². The number of rotatable bonds is 4. The number of nitriles is 1. The summed E-state index contributed by atoms with van der Waals surface area (Å²) < 4.78 is 0. The van der Waals surface area contributed by atoms with Crippen molar-refractivity contribution in [3.05, 3.63) is 11.3 Å². The van der Waals surface area contributed by atoms with Gasteiger partial charge in [-0.1, -0.05) is 27.2 Å². The maximum absolute atomic E-state index is 11.8. The quantitative estimate of drug-likeness (QED) is 0.741. The summed E-state index contributed by atoms with van der Waals surface area (Å²) in [5, 5.41) is 12.2. The van der Waals surface area contributed by atoms with Gasteiger partial charge in [0.05, 0.1) is 0 Å². The molecule has 16 heavy (non-hydrogen) atoms. The van der Waals surface area contributed by atoms with Gasteiger partial charge in [-0.05, 0) is 18.3 Å². The van der Waals surface area contributed by atoms with Crippen LogP contribution in [0.15, 0.2) is 11.3 Å². The number of hydrogen-bond donors (Lipinski definition) is 1. The Hall–Kier alpha value is -1.30. The normalized spacial score (nSPS) is 19.5. The fraction of sp³-hybridized carbons (Fsp3) is 0.692. The van der Waals surface area contributed by atoms with E-state index in [1.807, 2.05) is 6.07 Å². The minimum Gasteiger partial charge on any atom is -0.387 e. The highest BCUT2D eigenvalue weighted by molar-refractivity contribution is 6.01. The molecular formula is C13H20N2O. The summed E-state index contributed by atoms with van der Waals surface area (Å²) in [7, 11) is 0. The molecule has 0 amide bonds. The molecule has 3 nitrogen and oxygen atoms in total. The van der Waals surface area contributed by atoms with Crippen LogP contribution in [-0.2, 0) is 4.79 Å². The summed E-state index contributed by atoms with van der Waals surface area (Å²) in [6.07, 6.45) is 3.45. The van der Waals surface area contributed by atoms with E-state index >= 15 is 0 Å². The molecule has 0 saturated heterocycles. The van der Waals surface area contributed by atoms with Gasteiger partial charge in [-0.3, -0.25) is 4.79 Å². The first-order valence-electron chi connectivity index (χ1n) is 5.90. The van der Waals surface area contributed by atoms with E-state index < -0.39 is 0 Å². The van der Waals surface area contributed by atoms with Crippen LogP contribution >= 0.6 is 0 Å². The van der Waals surface area contributed by atoms with E-state index in [2.05, 4.69) is 26.1 Å². The Morgan fingerprint density at radius 3 is 2.69 bits per heavy atom. The molecule has 0 saturated carbocycles. The topological polar surface area (TPSA) is 52.9 Å². The molecule has 0 unspecified atom stereocenters. The SMILES string of the molecule is CCCCNC1=C(C#N)C(=O)CC(C)(C)C1. The number of allylic oxidation sites excluding steroid dienone is 2. The van der Waals surface area contributed by atoms with Crippen molar-refractivity contribution in [2.45, 2.75) is 46.5 Å².